The molecule has 0 fully saturated rings. The van der Waals surface area contributed by atoms with Crippen LogP contribution in [0.4, 0.5) is 0 Å². The molecule has 3 aromatic rings. The van der Waals surface area contributed by atoms with Crippen molar-refractivity contribution < 1.29 is 23.7 Å². The van der Waals surface area contributed by atoms with E-state index in [9.17, 15) is 9.59 Å². The van der Waals surface area contributed by atoms with Gasteiger partial charge in [0.1, 0.15) is 5.75 Å². The molecule has 2 aromatic carbocycles. The molecule has 30 heavy (non-hydrogen) atoms. The van der Waals surface area contributed by atoms with Gasteiger partial charge in [-0.05, 0) is 36.9 Å². The van der Waals surface area contributed by atoms with E-state index in [1.807, 2.05) is 32.0 Å². The van der Waals surface area contributed by atoms with E-state index >= 15 is 0 Å². The van der Waals surface area contributed by atoms with Gasteiger partial charge in [0.05, 0.1) is 33.3 Å². The fourth-order valence-electron chi connectivity index (χ4n) is 4.23. The van der Waals surface area contributed by atoms with Crippen LogP contribution in [0, 0.1) is 13.8 Å². The van der Waals surface area contributed by atoms with Crippen molar-refractivity contribution in [2.75, 3.05) is 21.3 Å². The van der Waals surface area contributed by atoms with E-state index in [2.05, 4.69) is 4.98 Å². The first-order valence-electron chi connectivity index (χ1n) is 9.55. The first-order valence-corrected chi connectivity index (χ1v) is 9.55. The van der Waals surface area contributed by atoms with Crippen molar-refractivity contribution in [1.82, 2.24) is 4.98 Å². The Labute approximate surface area is 173 Å². The molecule has 1 N–H and O–H groups in total. The Bertz CT molecular complexity index is 1230. The zero-order valence-electron chi connectivity index (χ0n) is 17.5. The Morgan fingerprint density at radius 1 is 0.967 bits per heavy atom. The van der Waals surface area contributed by atoms with Gasteiger partial charge in [0.2, 0.25) is 5.75 Å². The molecular weight excluding hydrogens is 386 g/mol. The topological polar surface area (TPSA) is 86.9 Å². The van der Waals surface area contributed by atoms with Crippen LogP contribution in [-0.4, -0.2) is 32.3 Å². The van der Waals surface area contributed by atoms with Gasteiger partial charge in [-0.2, -0.15) is 0 Å². The number of nitrogens with one attached hydrogen (secondary N) is 1. The smallest absolute Gasteiger partial charge is 0.312 e. The van der Waals surface area contributed by atoms with E-state index in [1.54, 1.807) is 6.07 Å². The van der Waals surface area contributed by atoms with Crippen molar-refractivity contribution in [2.45, 2.75) is 26.2 Å². The summed E-state index contributed by atoms with van der Waals surface area (Å²) in [7, 11) is 4.50. The fraction of sp³-hybridized carbons (Fsp3) is 0.304. The molecule has 0 amide bonds. The van der Waals surface area contributed by atoms with Crippen LogP contribution in [0.1, 0.15) is 34.6 Å². The minimum Gasteiger partial charge on any atom is -0.493 e. The lowest BCUT2D eigenvalue weighted by atomic mass is 9.85. The van der Waals surface area contributed by atoms with Crippen LogP contribution in [0.2, 0.25) is 0 Å². The number of carbonyl (C=O) groups excluding carboxylic acids is 1. The van der Waals surface area contributed by atoms with E-state index in [1.165, 1.54) is 21.3 Å². The number of aromatic amines is 1. The number of fused-ring (bicyclic) bond motifs is 2. The molecule has 4 rings (SSSR count). The maximum Gasteiger partial charge on any atom is 0.312 e. The van der Waals surface area contributed by atoms with E-state index in [-0.39, 0.29) is 12.0 Å². The summed E-state index contributed by atoms with van der Waals surface area (Å²) in [4.78, 5) is 28.4. The Morgan fingerprint density at radius 2 is 1.70 bits per heavy atom. The fourth-order valence-corrected chi connectivity index (χ4v) is 4.23. The zero-order chi connectivity index (χ0) is 21.6. The van der Waals surface area contributed by atoms with Gasteiger partial charge >= 0.3 is 5.97 Å². The number of benzene rings is 2. The van der Waals surface area contributed by atoms with Crippen LogP contribution in [0.3, 0.4) is 0 Å². The highest BCUT2D eigenvalue weighted by atomic mass is 16.5. The molecule has 7 heteroatoms. The Kier molecular flexibility index (Phi) is 4.89. The Balaban J connectivity index is 2.01. The van der Waals surface area contributed by atoms with Gasteiger partial charge in [-0.1, -0.05) is 11.6 Å². The third-order valence-corrected chi connectivity index (χ3v) is 5.47. The third kappa shape index (κ3) is 3.07. The van der Waals surface area contributed by atoms with Gasteiger partial charge in [-0.3, -0.25) is 9.59 Å². The Hall–Kier alpha value is -3.48. The maximum absolute atomic E-state index is 13.1. The molecular formula is C23H23NO6. The summed E-state index contributed by atoms with van der Waals surface area (Å²) in [5.41, 5.74) is 3.66. The summed E-state index contributed by atoms with van der Waals surface area (Å²) >= 11 is 0. The second kappa shape index (κ2) is 7.40. The number of hydrogen-bond acceptors (Lipinski definition) is 6. The SMILES string of the molecule is COc1cc2c(c(OC)c1OC)[C@H](c1cc3cc(C)cc(C)c3[nH]c1=O)CC(=O)O2. The molecule has 1 aromatic heterocycles. The first kappa shape index (κ1) is 19.8. The van der Waals surface area contributed by atoms with Crippen molar-refractivity contribution in [2.24, 2.45) is 0 Å². The highest BCUT2D eigenvalue weighted by molar-refractivity contribution is 5.85. The van der Waals surface area contributed by atoms with E-state index in [0.717, 1.165) is 22.0 Å². The van der Waals surface area contributed by atoms with Gasteiger partial charge in [-0.25, -0.2) is 0 Å². The molecule has 0 unspecified atom stereocenters. The highest BCUT2D eigenvalue weighted by Crippen LogP contribution is 2.52. The van der Waals surface area contributed by atoms with Crippen molar-refractivity contribution in [1.29, 1.82) is 0 Å². The molecule has 0 saturated carbocycles. The molecule has 2 heterocycles. The van der Waals surface area contributed by atoms with Crippen molar-refractivity contribution >= 4 is 16.9 Å². The standard InChI is InChI=1S/C23H23NO6/c1-11-6-12(2)20-13(7-11)8-15(23(26)24-20)14-9-18(25)30-16-10-17(27-3)21(28-4)22(29-5)19(14)16/h6-8,10,14H,9H2,1-5H3,(H,24,26)/t14-/m0/s1. The molecule has 0 radical (unpaired) electrons. The lowest BCUT2D eigenvalue weighted by Gasteiger charge is -2.28. The first-order chi connectivity index (χ1) is 14.4. The minimum atomic E-state index is -0.551. The molecule has 1 aliphatic heterocycles. The molecule has 0 aliphatic carbocycles. The lowest BCUT2D eigenvalue weighted by Crippen LogP contribution is -2.26. The molecule has 0 saturated heterocycles. The normalized spacial score (nSPS) is 15.5. The number of ether oxygens (including phenoxy) is 4. The highest BCUT2D eigenvalue weighted by Gasteiger charge is 2.36. The van der Waals surface area contributed by atoms with Crippen molar-refractivity contribution in [3.8, 4) is 23.0 Å². The summed E-state index contributed by atoms with van der Waals surface area (Å²) in [6, 6.07) is 7.46. The van der Waals surface area contributed by atoms with E-state index in [4.69, 9.17) is 18.9 Å². The zero-order valence-corrected chi connectivity index (χ0v) is 17.5. The number of hydrogen-bond donors (Lipinski definition) is 1. The van der Waals surface area contributed by atoms with Crippen LogP contribution in [-0.2, 0) is 4.79 Å². The largest absolute Gasteiger partial charge is 0.493 e. The minimum absolute atomic E-state index is 0.0121. The second-order valence-electron chi connectivity index (χ2n) is 7.39. The number of esters is 1. The van der Waals surface area contributed by atoms with Crippen molar-refractivity contribution in [3.63, 3.8) is 0 Å². The molecule has 0 bridgehead atoms. The number of methoxy groups -OCH3 is 3. The summed E-state index contributed by atoms with van der Waals surface area (Å²) in [5, 5.41) is 0.905. The summed E-state index contributed by atoms with van der Waals surface area (Å²) in [5.74, 6) is 0.451. The number of H-pyrrole nitrogens is 1. The number of carbonyl (C=O) groups is 1. The van der Waals surface area contributed by atoms with Crippen LogP contribution in [0.5, 0.6) is 23.0 Å². The lowest BCUT2D eigenvalue weighted by molar-refractivity contribution is -0.135. The summed E-state index contributed by atoms with van der Waals surface area (Å²) in [6.45, 7) is 3.96. The summed E-state index contributed by atoms with van der Waals surface area (Å²) < 4.78 is 21.9. The molecule has 1 aliphatic rings. The van der Waals surface area contributed by atoms with Crippen LogP contribution in [0.15, 0.2) is 29.1 Å². The van der Waals surface area contributed by atoms with Gasteiger partial charge < -0.3 is 23.9 Å². The molecule has 0 spiro atoms. The number of aromatic nitrogens is 1. The molecule has 1 atom stereocenters. The second-order valence-corrected chi connectivity index (χ2v) is 7.39. The predicted molar refractivity (Wildman–Crippen MR) is 112 cm³/mol. The average molecular weight is 409 g/mol. The molecule has 7 nitrogen and oxygen atoms in total. The number of pyridine rings is 1. The Morgan fingerprint density at radius 3 is 2.37 bits per heavy atom. The van der Waals surface area contributed by atoms with E-state index in [0.29, 0.717) is 34.1 Å². The van der Waals surface area contributed by atoms with Gasteiger partial charge in [-0.15, -0.1) is 0 Å². The van der Waals surface area contributed by atoms with Crippen LogP contribution < -0.4 is 24.5 Å². The maximum atomic E-state index is 13.1. The van der Waals surface area contributed by atoms with Crippen LogP contribution >= 0.6 is 0 Å². The van der Waals surface area contributed by atoms with Gasteiger partial charge in [0.15, 0.2) is 11.5 Å². The number of aryl methyl sites for hydroxylation is 2. The quantitative estimate of drug-likeness (QED) is 0.523. The van der Waals surface area contributed by atoms with Crippen molar-refractivity contribution in [3.05, 3.63) is 56.9 Å². The number of rotatable bonds is 4. The van der Waals surface area contributed by atoms with Crippen LogP contribution in [0.25, 0.3) is 10.9 Å². The predicted octanol–water partition coefficient (Wildman–Crippen LogP) is 3.61. The third-order valence-electron chi connectivity index (χ3n) is 5.47. The average Bonchev–Trinajstić information content (AvgIpc) is 2.71. The van der Waals surface area contributed by atoms with E-state index < -0.39 is 11.9 Å². The van der Waals surface area contributed by atoms with Gasteiger partial charge in [0, 0.05) is 23.1 Å². The monoisotopic (exact) mass is 409 g/mol. The summed E-state index contributed by atoms with van der Waals surface area (Å²) in [6.07, 6.45) is 0.0121. The molecule has 156 valence electrons. The van der Waals surface area contributed by atoms with Gasteiger partial charge in [0.25, 0.3) is 5.56 Å².